The van der Waals surface area contributed by atoms with Gasteiger partial charge in [0.15, 0.2) is 0 Å². The van der Waals surface area contributed by atoms with E-state index in [-0.39, 0.29) is 46.5 Å². The highest BCUT2D eigenvalue weighted by Gasteiger charge is 2.49. The number of likely N-dealkylation sites (tertiary alicyclic amines) is 1. The van der Waals surface area contributed by atoms with E-state index in [4.69, 9.17) is 4.52 Å². The van der Waals surface area contributed by atoms with E-state index in [0.29, 0.717) is 36.6 Å². The molecule has 2 saturated heterocycles. The van der Waals surface area contributed by atoms with E-state index in [0.717, 1.165) is 36.1 Å². The van der Waals surface area contributed by atoms with Crippen LogP contribution in [0.3, 0.4) is 0 Å². The summed E-state index contributed by atoms with van der Waals surface area (Å²) in [5, 5.41) is 20.9. The van der Waals surface area contributed by atoms with Crippen molar-refractivity contribution in [2.75, 3.05) is 19.6 Å². The first-order chi connectivity index (χ1) is 22.2. The predicted octanol–water partition coefficient (Wildman–Crippen LogP) is 5.94. The van der Waals surface area contributed by atoms with E-state index < -0.39 is 11.4 Å². The Bertz CT molecular complexity index is 1670. The number of carboxylic acid groups (broad SMARTS) is 1. The lowest BCUT2D eigenvalue weighted by Gasteiger charge is -2.39. The van der Waals surface area contributed by atoms with Crippen molar-refractivity contribution in [2.45, 2.75) is 55.2 Å². The Balaban J connectivity index is 1.07. The Kier molecular flexibility index (Phi) is 9.81. The van der Waals surface area contributed by atoms with Gasteiger partial charge in [-0.05, 0) is 55.5 Å². The number of hydrogen-bond acceptors (Lipinski definition) is 7. The highest BCUT2D eigenvalue weighted by atomic mass is 127. The zero-order chi connectivity index (χ0) is 32.3. The first-order valence-corrected chi connectivity index (χ1v) is 16.9. The Labute approximate surface area is 281 Å². The molecule has 0 radical (unpaired) electrons. The van der Waals surface area contributed by atoms with Gasteiger partial charge < -0.3 is 20.3 Å². The number of aromatic nitrogens is 2. The number of carboxylic acids is 1. The largest absolute Gasteiger partial charge is 0.480 e. The lowest BCUT2D eigenvalue weighted by atomic mass is 9.77. The minimum absolute atomic E-state index is 0.111. The van der Waals surface area contributed by atoms with E-state index in [1.54, 1.807) is 12.1 Å². The van der Waals surface area contributed by atoms with Crippen molar-refractivity contribution >= 4 is 34.5 Å². The average Bonchev–Trinajstić information content (AvgIpc) is 3.78. The topological polar surface area (TPSA) is 121 Å². The van der Waals surface area contributed by atoms with Crippen LogP contribution in [0.4, 0.5) is 4.39 Å². The molecule has 9 nitrogen and oxygen atoms in total. The third-order valence-electron chi connectivity index (χ3n) is 9.22. The van der Waals surface area contributed by atoms with E-state index in [1.807, 2.05) is 54.6 Å². The van der Waals surface area contributed by atoms with Crippen LogP contribution in [-0.2, 0) is 16.1 Å². The van der Waals surface area contributed by atoms with E-state index >= 15 is 0 Å². The van der Waals surface area contributed by atoms with Gasteiger partial charge in [-0.25, -0.2) is 4.39 Å². The lowest BCUT2D eigenvalue weighted by Crippen LogP contribution is -2.59. The second kappa shape index (κ2) is 14.0. The number of benzene rings is 3. The van der Waals surface area contributed by atoms with Gasteiger partial charge in [0.1, 0.15) is 11.2 Å². The fourth-order valence-electron chi connectivity index (χ4n) is 6.45. The van der Waals surface area contributed by atoms with Gasteiger partial charge in [-0.1, -0.05) is 95.3 Å². The van der Waals surface area contributed by atoms with Crippen LogP contribution in [0.1, 0.15) is 38.2 Å². The summed E-state index contributed by atoms with van der Waals surface area (Å²) in [6.45, 7) is 4.60. The summed E-state index contributed by atoms with van der Waals surface area (Å²) < 4.78 is 20.5. The smallest absolute Gasteiger partial charge is 0.319 e. The van der Waals surface area contributed by atoms with Crippen molar-refractivity contribution in [1.82, 2.24) is 25.7 Å². The monoisotopic (exact) mass is 737 g/mol. The molecule has 3 aromatic carbocycles. The molecule has 1 amide bonds. The van der Waals surface area contributed by atoms with Crippen molar-refractivity contribution in [3.8, 4) is 34.0 Å². The van der Waals surface area contributed by atoms with Crippen LogP contribution in [0.2, 0.25) is 0 Å². The molecule has 3 heterocycles. The van der Waals surface area contributed by atoms with Crippen LogP contribution in [0.15, 0.2) is 77.3 Å². The molecule has 2 aliphatic rings. The summed E-state index contributed by atoms with van der Waals surface area (Å²) >= 11 is 2.31. The number of hydrogen-bond donors (Lipinski definition) is 3. The molecule has 0 aliphatic carbocycles. The van der Waals surface area contributed by atoms with E-state index in [2.05, 4.69) is 55.2 Å². The molecule has 3 N–H and O–H groups in total. The molecular formula is C35H37FIN5O4. The summed E-state index contributed by atoms with van der Waals surface area (Å²) in [5.41, 5.74) is 2.17. The van der Waals surface area contributed by atoms with Crippen LogP contribution < -0.4 is 10.6 Å². The summed E-state index contributed by atoms with van der Waals surface area (Å²) in [6.07, 6.45) is 2.54. The zero-order valence-electron chi connectivity index (χ0n) is 25.6. The number of carbonyl (C=O) groups is 2. The van der Waals surface area contributed by atoms with Gasteiger partial charge in [0.05, 0.1) is 6.04 Å². The molecule has 0 spiro atoms. The van der Waals surface area contributed by atoms with Gasteiger partial charge >= 0.3 is 5.97 Å². The molecule has 3 atom stereocenters. The SMILES string of the molecule is CC(I)C(NC(=O)C1(C(=O)O)CCN(Cc2ccc(-c3noc(-c4ccc(-c5ccccc5)c(F)c4)n3)cc2)CC1)C1CCCN1. The Morgan fingerprint density at radius 1 is 1.09 bits per heavy atom. The summed E-state index contributed by atoms with van der Waals surface area (Å²) in [6, 6.07) is 22.0. The normalized spacial score (nSPS) is 19.4. The maximum atomic E-state index is 14.9. The molecule has 0 saturated carbocycles. The molecule has 1 aromatic heterocycles. The van der Waals surface area contributed by atoms with Crippen molar-refractivity contribution in [3.63, 3.8) is 0 Å². The van der Waals surface area contributed by atoms with Crippen LogP contribution in [0, 0.1) is 11.2 Å². The van der Waals surface area contributed by atoms with Crippen LogP contribution in [0.25, 0.3) is 34.0 Å². The fraction of sp³-hybridized carbons (Fsp3) is 0.371. The van der Waals surface area contributed by atoms with Crippen molar-refractivity contribution in [1.29, 1.82) is 0 Å². The third kappa shape index (κ3) is 6.86. The minimum atomic E-state index is -1.43. The summed E-state index contributed by atoms with van der Waals surface area (Å²) in [7, 11) is 0. The maximum absolute atomic E-state index is 14.9. The van der Waals surface area contributed by atoms with Crippen LogP contribution in [0.5, 0.6) is 0 Å². The van der Waals surface area contributed by atoms with Gasteiger partial charge in [-0.3, -0.25) is 14.5 Å². The molecule has 4 aromatic rings. The number of nitrogens with one attached hydrogen (secondary N) is 2. The van der Waals surface area contributed by atoms with Gasteiger partial charge in [0, 0.05) is 46.3 Å². The third-order valence-corrected chi connectivity index (χ3v) is 10.00. The van der Waals surface area contributed by atoms with Crippen molar-refractivity contribution in [2.24, 2.45) is 5.41 Å². The van der Waals surface area contributed by atoms with Gasteiger partial charge in [0.25, 0.3) is 5.89 Å². The maximum Gasteiger partial charge on any atom is 0.319 e. The number of piperidine rings is 1. The quantitative estimate of drug-likeness (QED) is 0.104. The Morgan fingerprint density at radius 3 is 2.43 bits per heavy atom. The van der Waals surface area contributed by atoms with Crippen molar-refractivity contribution < 1.29 is 23.6 Å². The van der Waals surface area contributed by atoms with Crippen LogP contribution in [-0.4, -0.2) is 67.7 Å². The molecule has 3 unspecified atom stereocenters. The number of carbonyl (C=O) groups excluding carboxylic acids is 1. The molecule has 2 aliphatic heterocycles. The zero-order valence-corrected chi connectivity index (χ0v) is 27.7. The highest BCUT2D eigenvalue weighted by Crippen LogP contribution is 2.34. The number of aliphatic carboxylic acids is 1. The van der Waals surface area contributed by atoms with Gasteiger partial charge in [-0.15, -0.1) is 0 Å². The predicted molar refractivity (Wildman–Crippen MR) is 182 cm³/mol. The van der Waals surface area contributed by atoms with E-state index in [9.17, 15) is 19.1 Å². The van der Waals surface area contributed by atoms with Gasteiger partial charge in [-0.2, -0.15) is 4.98 Å². The lowest BCUT2D eigenvalue weighted by molar-refractivity contribution is -0.159. The average molecular weight is 738 g/mol. The number of rotatable bonds is 10. The minimum Gasteiger partial charge on any atom is -0.480 e. The number of halogens is 2. The number of alkyl halides is 1. The Hall–Kier alpha value is -3.68. The molecular weight excluding hydrogens is 700 g/mol. The Morgan fingerprint density at radius 2 is 1.80 bits per heavy atom. The summed E-state index contributed by atoms with van der Waals surface area (Å²) in [4.78, 5) is 32.6. The standard InChI is InChI=1S/C35H37FIN5O4/c1-22(37)30(29-8-5-17-38-29)39-33(43)35(34(44)45)15-18-42(19-16-35)21-23-9-11-25(12-10-23)31-40-32(46-41-31)26-13-14-27(28(36)20-26)24-6-3-2-4-7-24/h2-4,6-7,9-14,20,22,29-30,38H,5,8,15-19,21H2,1H3,(H,39,43)(H,44,45). The highest BCUT2D eigenvalue weighted by molar-refractivity contribution is 14.1. The second-order valence-electron chi connectivity index (χ2n) is 12.2. The van der Waals surface area contributed by atoms with Crippen LogP contribution >= 0.6 is 22.6 Å². The molecule has 46 heavy (non-hydrogen) atoms. The number of nitrogens with zero attached hydrogens (tertiary/aromatic N) is 3. The molecule has 11 heteroatoms. The first kappa shape index (κ1) is 32.3. The summed E-state index contributed by atoms with van der Waals surface area (Å²) in [5.74, 6) is -1.16. The molecule has 2 fully saturated rings. The molecule has 0 bridgehead atoms. The number of amides is 1. The molecule has 6 rings (SSSR count). The second-order valence-corrected chi connectivity index (χ2v) is 14.2. The van der Waals surface area contributed by atoms with E-state index in [1.165, 1.54) is 6.07 Å². The van der Waals surface area contributed by atoms with Gasteiger partial charge in [0.2, 0.25) is 11.7 Å². The fourth-order valence-corrected chi connectivity index (χ4v) is 7.13. The first-order valence-electron chi connectivity index (χ1n) is 15.7. The van der Waals surface area contributed by atoms with Crippen molar-refractivity contribution in [3.05, 3.63) is 84.2 Å². The molecule has 240 valence electrons.